The highest BCUT2D eigenvalue weighted by molar-refractivity contribution is 5.91. The second-order valence-electron chi connectivity index (χ2n) is 8.12. The first kappa shape index (κ1) is 20.9. The summed E-state index contributed by atoms with van der Waals surface area (Å²) in [5.41, 5.74) is 8.68. The maximum Gasteiger partial charge on any atom is 0.341 e. The van der Waals surface area contributed by atoms with Gasteiger partial charge in [0.15, 0.2) is 0 Å². The molecule has 0 radical (unpaired) electrons. The van der Waals surface area contributed by atoms with Gasteiger partial charge in [0.05, 0.1) is 29.9 Å². The molecule has 9 nitrogen and oxygen atoms in total. The van der Waals surface area contributed by atoms with Crippen LogP contribution in [0.25, 0.3) is 16.8 Å². The number of hydrogen-bond donors (Lipinski definition) is 2. The third kappa shape index (κ3) is 3.98. The lowest BCUT2D eigenvalue weighted by molar-refractivity contribution is 0.0525. The summed E-state index contributed by atoms with van der Waals surface area (Å²) in [6, 6.07) is 15.9. The molecule has 2 heterocycles. The number of hydrogen-bond acceptors (Lipinski definition) is 7. The van der Waals surface area contributed by atoms with Gasteiger partial charge in [-0.25, -0.2) is 9.48 Å². The van der Waals surface area contributed by atoms with Crippen LogP contribution in [0.1, 0.15) is 46.9 Å². The largest absolute Gasteiger partial charge is 0.462 e. The Hall–Kier alpha value is -3.98. The number of aromatic nitrogens is 5. The number of carbonyl (C=O) groups is 1. The number of nitrogens with zero attached hydrogens (tertiary/aromatic N) is 5. The van der Waals surface area contributed by atoms with Crippen LogP contribution in [0, 0.1) is 0 Å². The lowest BCUT2D eigenvalue weighted by Crippen LogP contribution is -2.09. The molecule has 3 N–H and O–H groups in total. The maximum atomic E-state index is 12.7. The number of hydrazine groups is 1. The first-order valence-electron chi connectivity index (χ1n) is 10.9. The summed E-state index contributed by atoms with van der Waals surface area (Å²) in [6.45, 7) is 2.11. The fraction of sp³-hybridized carbons (Fsp3) is 0.250. The van der Waals surface area contributed by atoms with Gasteiger partial charge in [0.2, 0.25) is 0 Å². The molecule has 1 aliphatic rings. The highest BCUT2D eigenvalue weighted by atomic mass is 16.5. The van der Waals surface area contributed by atoms with Gasteiger partial charge in [0.1, 0.15) is 5.56 Å². The Bertz CT molecular complexity index is 1310. The molecule has 9 heteroatoms. The number of nitrogen functional groups attached to an aromatic ring is 1. The average molecular weight is 444 g/mol. The Labute approximate surface area is 191 Å². The fourth-order valence-electron chi connectivity index (χ4n) is 4.25. The molecule has 0 unspecified atom stereocenters. The lowest BCUT2D eigenvalue weighted by atomic mass is 10.0. The maximum absolute atomic E-state index is 12.7. The topological polar surface area (TPSA) is 113 Å². The second-order valence-corrected chi connectivity index (χ2v) is 8.12. The van der Waals surface area contributed by atoms with Crippen LogP contribution in [0.5, 0.6) is 0 Å². The van der Waals surface area contributed by atoms with Crippen molar-refractivity contribution in [3.8, 4) is 16.8 Å². The van der Waals surface area contributed by atoms with Crippen molar-refractivity contribution in [1.82, 2.24) is 24.8 Å². The van der Waals surface area contributed by atoms with Gasteiger partial charge in [-0.05, 0) is 48.7 Å². The van der Waals surface area contributed by atoms with Crippen molar-refractivity contribution in [3.05, 3.63) is 77.9 Å². The quantitative estimate of drug-likeness (QED) is 0.256. The van der Waals surface area contributed by atoms with E-state index < -0.39 is 0 Å². The highest BCUT2D eigenvalue weighted by Gasteiger charge is 2.46. The Morgan fingerprint density at radius 2 is 1.97 bits per heavy atom. The molecule has 0 saturated heterocycles. The summed E-state index contributed by atoms with van der Waals surface area (Å²) < 4.78 is 8.86. The summed E-state index contributed by atoms with van der Waals surface area (Å²) in [6.07, 6.45) is 4.40. The molecule has 0 aliphatic heterocycles. The van der Waals surface area contributed by atoms with E-state index in [2.05, 4.69) is 26.9 Å². The zero-order valence-corrected chi connectivity index (χ0v) is 18.5. The summed E-state index contributed by atoms with van der Waals surface area (Å²) in [5, 5.41) is 12.9. The smallest absolute Gasteiger partial charge is 0.341 e. The van der Waals surface area contributed by atoms with Gasteiger partial charge in [-0.15, -0.1) is 5.10 Å². The van der Waals surface area contributed by atoms with Crippen LogP contribution in [-0.2, 0) is 11.8 Å². The van der Waals surface area contributed by atoms with E-state index in [1.807, 2.05) is 60.4 Å². The predicted molar refractivity (Wildman–Crippen MR) is 124 cm³/mol. The Morgan fingerprint density at radius 1 is 1.18 bits per heavy atom. The molecule has 2 atom stereocenters. The molecule has 0 bridgehead atoms. The van der Waals surface area contributed by atoms with E-state index >= 15 is 0 Å². The second kappa shape index (κ2) is 8.51. The van der Waals surface area contributed by atoms with E-state index in [1.165, 1.54) is 0 Å². The van der Waals surface area contributed by atoms with Gasteiger partial charge in [0.25, 0.3) is 0 Å². The minimum absolute atomic E-state index is 0.108. The summed E-state index contributed by atoms with van der Waals surface area (Å²) in [4.78, 5) is 12.7. The van der Waals surface area contributed by atoms with Crippen molar-refractivity contribution >= 4 is 11.7 Å². The van der Waals surface area contributed by atoms with Gasteiger partial charge < -0.3 is 10.2 Å². The standard InChI is InChI=1S/C24H25N7O2/c1-3-33-24(32)21-13-26-31(23(21)20-12-19(20)22-14-30(2)29-28-22)18-9-5-7-16(11-18)15-6-4-8-17(10-15)27-25/h4-11,13-14,19-20,27H,3,12,25H2,1-2H3/t19-,20-/m1/s1. The molecule has 33 heavy (non-hydrogen) atoms. The minimum Gasteiger partial charge on any atom is -0.462 e. The summed E-state index contributed by atoms with van der Waals surface area (Å²) >= 11 is 0. The van der Waals surface area contributed by atoms with E-state index in [-0.39, 0.29) is 17.8 Å². The van der Waals surface area contributed by atoms with Crippen molar-refractivity contribution in [2.75, 3.05) is 12.0 Å². The molecular weight excluding hydrogens is 418 g/mol. The van der Waals surface area contributed by atoms with E-state index in [4.69, 9.17) is 10.6 Å². The van der Waals surface area contributed by atoms with Crippen molar-refractivity contribution in [3.63, 3.8) is 0 Å². The van der Waals surface area contributed by atoms with Crippen LogP contribution in [0.15, 0.2) is 60.9 Å². The number of carbonyl (C=O) groups excluding carboxylic acids is 1. The number of ether oxygens (including phenoxy) is 1. The summed E-state index contributed by atoms with van der Waals surface area (Å²) in [7, 11) is 1.85. The SMILES string of the molecule is CCOC(=O)c1cnn(-c2cccc(-c3cccc(NN)c3)c2)c1[C@@H]1C[C@H]1c1cn(C)nn1. The van der Waals surface area contributed by atoms with Crippen LogP contribution in [0.3, 0.4) is 0 Å². The third-order valence-corrected chi connectivity index (χ3v) is 5.90. The fourth-order valence-corrected chi connectivity index (χ4v) is 4.25. The van der Waals surface area contributed by atoms with Crippen LogP contribution < -0.4 is 11.3 Å². The number of rotatable bonds is 7. The van der Waals surface area contributed by atoms with Crippen LogP contribution >= 0.6 is 0 Å². The zero-order valence-electron chi connectivity index (χ0n) is 18.5. The third-order valence-electron chi connectivity index (χ3n) is 5.90. The van der Waals surface area contributed by atoms with Gasteiger partial charge >= 0.3 is 5.97 Å². The van der Waals surface area contributed by atoms with Gasteiger partial charge in [0, 0.05) is 30.8 Å². The van der Waals surface area contributed by atoms with E-state index in [1.54, 1.807) is 17.8 Å². The van der Waals surface area contributed by atoms with Gasteiger partial charge in [-0.2, -0.15) is 5.10 Å². The van der Waals surface area contributed by atoms with Crippen LogP contribution in [-0.4, -0.2) is 37.4 Å². The van der Waals surface area contributed by atoms with Gasteiger partial charge in [-0.1, -0.05) is 29.5 Å². The molecule has 2 aromatic carbocycles. The Kier molecular flexibility index (Phi) is 5.39. The van der Waals surface area contributed by atoms with E-state index in [0.717, 1.165) is 40.3 Å². The predicted octanol–water partition coefficient (Wildman–Crippen LogP) is 3.40. The van der Waals surface area contributed by atoms with Crippen molar-refractivity contribution < 1.29 is 9.53 Å². The van der Waals surface area contributed by atoms with E-state index in [9.17, 15) is 4.79 Å². The number of aryl methyl sites for hydroxylation is 1. The molecule has 1 fully saturated rings. The Balaban J connectivity index is 1.55. The van der Waals surface area contributed by atoms with Crippen molar-refractivity contribution in [2.45, 2.75) is 25.2 Å². The van der Waals surface area contributed by atoms with Crippen LogP contribution in [0.4, 0.5) is 5.69 Å². The minimum atomic E-state index is -0.360. The van der Waals surface area contributed by atoms with Crippen molar-refractivity contribution in [2.24, 2.45) is 12.9 Å². The number of anilines is 1. The number of nitrogens with one attached hydrogen (secondary N) is 1. The molecule has 4 aromatic rings. The average Bonchev–Trinajstić information content (AvgIpc) is 3.29. The normalized spacial score (nSPS) is 17.1. The molecule has 168 valence electrons. The zero-order chi connectivity index (χ0) is 22.9. The highest BCUT2D eigenvalue weighted by Crippen LogP contribution is 2.55. The lowest BCUT2D eigenvalue weighted by Gasteiger charge is -2.12. The monoisotopic (exact) mass is 443 g/mol. The molecule has 0 spiro atoms. The number of benzene rings is 2. The Morgan fingerprint density at radius 3 is 2.70 bits per heavy atom. The number of nitrogens with two attached hydrogens (primary N) is 1. The molecule has 2 aromatic heterocycles. The molecule has 5 rings (SSSR count). The van der Waals surface area contributed by atoms with E-state index in [0.29, 0.717) is 12.2 Å². The molecule has 0 amide bonds. The molecular formula is C24H25N7O2. The van der Waals surface area contributed by atoms with Gasteiger partial charge in [-0.3, -0.25) is 10.5 Å². The first-order valence-corrected chi connectivity index (χ1v) is 10.9. The van der Waals surface area contributed by atoms with Crippen LogP contribution in [0.2, 0.25) is 0 Å². The number of esters is 1. The van der Waals surface area contributed by atoms with Crippen molar-refractivity contribution in [1.29, 1.82) is 0 Å². The molecule has 1 saturated carbocycles. The molecule has 1 aliphatic carbocycles. The summed E-state index contributed by atoms with van der Waals surface area (Å²) in [5.74, 6) is 5.52. The first-order chi connectivity index (χ1) is 16.1.